The van der Waals surface area contributed by atoms with E-state index in [4.69, 9.17) is 16.3 Å². The number of amides is 2. The third-order valence-corrected chi connectivity index (χ3v) is 4.62. The topological polar surface area (TPSA) is 58.6 Å². The van der Waals surface area contributed by atoms with Crippen molar-refractivity contribution in [2.24, 2.45) is 0 Å². The van der Waals surface area contributed by atoms with Crippen LogP contribution in [-0.4, -0.2) is 43.5 Å². The average Bonchev–Trinajstić information content (AvgIpc) is 3.00. The molecule has 0 bridgehead atoms. The van der Waals surface area contributed by atoms with Gasteiger partial charge in [0.1, 0.15) is 12.4 Å². The molecule has 0 unspecified atom stereocenters. The molecular formula is C17H19ClN2O3S. The molecular weight excluding hydrogens is 348 g/mol. The smallest absolute Gasteiger partial charge is 0.261 e. The molecule has 7 heteroatoms. The van der Waals surface area contributed by atoms with Crippen molar-refractivity contribution in [3.8, 4) is 5.75 Å². The minimum absolute atomic E-state index is 0.0433. The minimum atomic E-state index is -0.234. The summed E-state index contributed by atoms with van der Waals surface area (Å²) in [6.45, 7) is 2.61. The third kappa shape index (κ3) is 5.25. The van der Waals surface area contributed by atoms with Crippen molar-refractivity contribution < 1.29 is 14.3 Å². The fraction of sp³-hybridized carbons (Fsp3) is 0.294. The molecule has 24 heavy (non-hydrogen) atoms. The first-order chi connectivity index (χ1) is 11.5. The van der Waals surface area contributed by atoms with Gasteiger partial charge in [-0.2, -0.15) is 0 Å². The van der Waals surface area contributed by atoms with Crippen LogP contribution in [0, 0.1) is 6.92 Å². The molecule has 0 atom stereocenters. The van der Waals surface area contributed by atoms with Crippen molar-refractivity contribution in [1.29, 1.82) is 0 Å². The van der Waals surface area contributed by atoms with Gasteiger partial charge in [0.2, 0.25) is 5.91 Å². The molecule has 0 fully saturated rings. The zero-order chi connectivity index (χ0) is 17.5. The number of likely N-dealkylation sites (N-methyl/N-ethyl adjacent to an activating group) is 1. The lowest BCUT2D eigenvalue weighted by molar-refractivity contribution is -0.129. The van der Waals surface area contributed by atoms with Gasteiger partial charge in [0.15, 0.2) is 0 Å². The molecule has 2 rings (SSSR count). The van der Waals surface area contributed by atoms with E-state index in [0.29, 0.717) is 28.8 Å². The number of carbonyl (C=O) groups is 2. The van der Waals surface area contributed by atoms with E-state index in [1.54, 1.807) is 25.2 Å². The molecule has 0 aliphatic heterocycles. The van der Waals surface area contributed by atoms with E-state index < -0.39 is 0 Å². The summed E-state index contributed by atoms with van der Waals surface area (Å²) in [5, 5.41) is 3.16. The van der Waals surface area contributed by atoms with Gasteiger partial charge in [0.25, 0.3) is 5.91 Å². The quantitative estimate of drug-likeness (QED) is 0.819. The number of nitrogens with one attached hydrogen (secondary N) is 1. The van der Waals surface area contributed by atoms with Gasteiger partial charge in [-0.05, 0) is 31.2 Å². The number of thiophene rings is 1. The Morgan fingerprint density at radius 3 is 2.67 bits per heavy atom. The number of ether oxygens (including phenoxy) is 1. The first-order valence-corrected chi connectivity index (χ1v) is 8.62. The van der Waals surface area contributed by atoms with Crippen LogP contribution < -0.4 is 10.1 Å². The summed E-state index contributed by atoms with van der Waals surface area (Å²) in [6, 6.07) is 10.8. The van der Waals surface area contributed by atoms with Gasteiger partial charge in [0, 0.05) is 11.9 Å². The first kappa shape index (κ1) is 18.3. The van der Waals surface area contributed by atoms with E-state index >= 15 is 0 Å². The molecule has 1 heterocycles. The lowest BCUT2D eigenvalue weighted by Crippen LogP contribution is -2.39. The number of rotatable bonds is 7. The second-order valence-electron chi connectivity index (χ2n) is 5.19. The zero-order valence-corrected chi connectivity index (χ0v) is 15.1. The number of benzene rings is 1. The van der Waals surface area contributed by atoms with E-state index in [0.717, 1.165) is 4.88 Å². The number of halogens is 1. The van der Waals surface area contributed by atoms with Crippen molar-refractivity contribution in [3.05, 3.63) is 51.2 Å². The van der Waals surface area contributed by atoms with Crippen molar-refractivity contribution in [2.45, 2.75) is 6.92 Å². The molecule has 2 amide bonds. The molecule has 128 valence electrons. The summed E-state index contributed by atoms with van der Waals surface area (Å²) in [4.78, 5) is 27.1. The van der Waals surface area contributed by atoms with Gasteiger partial charge in [-0.3, -0.25) is 9.59 Å². The van der Waals surface area contributed by atoms with E-state index in [9.17, 15) is 9.59 Å². The molecule has 1 aromatic heterocycles. The van der Waals surface area contributed by atoms with Gasteiger partial charge < -0.3 is 15.0 Å². The number of para-hydroxylation sites is 1. The second-order valence-corrected chi connectivity index (χ2v) is 6.88. The van der Waals surface area contributed by atoms with E-state index in [1.807, 2.05) is 25.1 Å². The second kappa shape index (κ2) is 8.70. The van der Waals surface area contributed by atoms with Crippen LogP contribution in [0.5, 0.6) is 5.75 Å². The van der Waals surface area contributed by atoms with Gasteiger partial charge in [0.05, 0.1) is 23.0 Å². The summed E-state index contributed by atoms with van der Waals surface area (Å²) >= 11 is 7.39. The Balaban J connectivity index is 1.72. The molecule has 0 spiro atoms. The molecule has 1 N–H and O–H groups in total. The highest BCUT2D eigenvalue weighted by atomic mass is 35.5. The lowest BCUT2D eigenvalue weighted by atomic mass is 10.3. The number of hydrogen-bond donors (Lipinski definition) is 1. The fourth-order valence-corrected chi connectivity index (χ4v) is 2.89. The van der Waals surface area contributed by atoms with Crippen LogP contribution in [-0.2, 0) is 4.79 Å². The number of hydrogen-bond acceptors (Lipinski definition) is 4. The highest BCUT2D eigenvalue weighted by Crippen LogP contribution is 2.22. The number of aryl methyl sites for hydroxylation is 1. The van der Waals surface area contributed by atoms with E-state index in [1.165, 1.54) is 16.2 Å². The normalized spacial score (nSPS) is 10.3. The maximum Gasteiger partial charge on any atom is 0.261 e. The van der Waals surface area contributed by atoms with Crippen LogP contribution in [0.1, 0.15) is 14.5 Å². The van der Waals surface area contributed by atoms with Crippen LogP contribution in [0.4, 0.5) is 0 Å². The SMILES string of the molecule is Cc1ccc(C(=O)NCC(=O)N(C)CCOc2ccccc2Cl)s1. The van der Waals surface area contributed by atoms with Crippen LogP contribution >= 0.6 is 22.9 Å². The van der Waals surface area contributed by atoms with E-state index in [2.05, 4.69) is 5.32 Å². The fourth-order valence-electron chi connectivity index (χ4n) is 1.91. The molecule has 0 saturated carbocycles. The van der Waals surface area contributed by atoms with Gasteiger partial charge >= 0.3 is 0 Å². The molecule has 2 aromatic rings. The van der Waals surface area contributed by atoms with Crippen molar-refractivity contribution in [3.63, 3.8) is 0 Å². The van der Waals surface area contributed by atoms with Crippen molar-refractivity contribution >= 4 is 34.8 Å². The predicted molar refractivity (Wildman–Crippen MR) is 96.0 cm³/mol. The van der Waals surface area contributed by atoms with Crippen LogP contribution in [0.2, 0.25) is 5.02 Å². The summed E-state index contributed by atoms with van der Waals surface area (Å²) in [7, 11) is 1.67. The van der Waals surface area contributed by atoms with E-state index in [-0.39, 0.29) is 18.4 Å². The predicted octanol–water partition coefficient (Wildman–Crippen LogP) is 2.98. The largest absolute Gasteiger partial charge is 0.490 e. The molecule has 1 aromatic carbocycles. The Hall–Kier alpha value is -2.05. The first-order valence-electron chi connectivity index (χ1n) is 7.43. The maximum absolute atomic E-state index is 12.0. The van der Waals surface area contributed by atoms with Gasteiger partial charge in [-0.15, -0.1) is 11.3 Å². The summed E-state index contributed by atoms with van der Waals surface area (Å²) in [5.41, 5.74) is 0. The lowest BCUT2D eigenvalue weighted by Gasteiger charge is -2.18. The minimum Gasteiger partial charge on any atom is -0.490 e. The summed E-state index contributed by atoms with van der Waals surface area (Å²) < 4.78 is 5.54. The van der Waals surface area contributed by atoms with Crippen LogP contribution in [0.25, 0.3) is 0 Å². The standard InChI is InChI=1S/C17H19ClN2O3S/c1-12-7-8-15(24-12)17(22)19-11-16(21)20(2)9-10-23-14-6-4-3-5-13(14)18/h3-8H,9-11H2,1-2H3,(H,19,22). The number of carbonyl (C=O) groups excluding carboxylic acids is 2. The molecule has 5 nitrogen and oxygen atoms in total. The van der Waals surface area contributed by atoms with Crippen LogP contribution in [0.3, 0.4) is 0 Å². The van der Waals surface area contributed by atoms with Crippen LogP contribution in [0.15, 0.2) is 36.4 Å². The Morgan fingerprint density at radius 1 is 1.25 bits per heavy atom. The average molecular weight is 367 g/mol. The molecule has 0 aliphatic rings. The Labute approximate surface area is 150 Å². The van der Waals surface area contributed by atoms with Gasteiger partial charge in [-0.1, -0.05) is 23.7 Å². The summed E-state index contributed by atoms with van der Waals surface area (Å²) in [6.07, 6.45) is 0. The Morgan fingerprint density at radius 2 is 2.00 bits per heavy atom. The molecule has 0 aliphatic carbocycles. The zero-order valence-electron chi connectivity index (χ0n) is 13.5. The van der Waals surface area contributed by atoms with Crippen molar-refractivity contribution in [2.75, 3.05) is 26.7 Å². The summed E-state index contributed by atoms with van der Waals surface area (Å²) in [5.74, 6) is 0.169. The van der Waals surface area contributed by atoms with Crippen molar-refractivity contribution in [1.82, 2.24) is 10.2 Å². The maximum atomic E-state index is 12.0. The number of nitrogens with zero attached hydrogens (tertiary/aromatic N) is 1. The Bertz CT molecular complexity index is 717. The van der Waals surface area contributed by atoms with Gasteiger partial charge in [-0.25, -0.2) is 0 Å². The third-order valence-electron chi connectivity index (χ3n) is 3.31. The monoisotopic (exact) mass is 366 g/mol. The molecule has 0 radical (unpaired) electrons. The highest BCUT2D eigenvalue weighted by molar-refractivity contribution is 7.13. The highest BCUT2D eigenvalue weighted by Gasteiger charge is 2.13. The Kier molecular flexibility index (Phi) is 6.63. The molecule has 0 saturated heterocycles.